The van der Waals surface area contributed by atoms with Crippen LogP contribution < -0.4 is 19.7 Å². The van der Waals surface area contributed by atoms with E-state index in [0.717, 1.165) is 11.5 Å². The van der Waals surface area contributed by atoms with Crippen molar-refractivity contribution in [1.29, 1.82) is 0 Å². The first kappa shape index (κ1) is 18.2. The van der Waals surface area contributed by atoms with Crippen LogP contribution in [0, 0.1) is 5.92 Å². The molecule has 2 aromatic rings. The van der Waals surface area contributed by atoms with E-state index in [1.807, 2.05) is 0 Å². The van der Waals surface area contributed by atoms with Crippen molar-refractivity contribution in [3.8, 4) is 11.5 Å². The Bertz CT molecular complexity index is 945. The lowest BCUT2D eigenvalue weighted by atomic mass is 10.1. The molecule has 2 amide bonds. The number of hydrogen-bond donors (Lipinski definition) is 1. The quantitative estimate of drug-likeness (QED) is 0.743. The number of nitrogens with zero attached hydrogens (tertiary/aromatic N) is 3. The minimum atomic E-state index is -0.656. The molecule has 2 aliphatic rings. The Morgan fingerprint density at radius 1 is 1.36 bits per heavy atom. The molecule has 10 nitrogen and oxygen atoms in total. The minimum absolute atomic E-state index is 0.0443. The fourth-order valence-electron chi connectivity index (χ4n) is 3.01. The average molecular weight is 404 g/mol. The van der Waals surface area contributed by atoms with Gasteiger partial charge >= 0.3 is 5.97 Å². The first-order valence-electron chi connectivity index (χ1n) is 8.57. The first-order chi connectivity index (χ1) is 13.6. The van der Waals surface area contributed by atoms with E-state index >= 15 is 0 Å². The van der Waals surface area contributed by atoms with Gasteiger partial charge in [-0.2, -0.15) is 0 Å². The molecule has 1 unspecified atom stereocenters. The van der Waals surface area contributed by atoms with Crippen molar-refractivity contribution in [2.75, 3.05) is 30.2 Å². The maximum Gasteiger partial charge on any atom is 0.362 e. The highest BCUT2D eigenvalue weighted by Crippen LogP contribution is 2.37. The molecule has 1 N–H and O–H groups in total. The van der Waals surface area contributed by atoms with Crippen LogP contribution in [-0.2, 0) is 14.3 Å². The van der Waals surface area contributed by atoms with Crippen LogP contribution in [0.5, 0.6) is 11.5 Å². The minimum Gasteiger partial charge on any atom is -0.461 e. The van der Waals surface area contributed by atoms with E-state index in [-0.39, 0.29) is 48.9 Å². The lowest BCUT2D eigenvalue weighted by Gasteiger charge is -2.17. The van der Waals surface area contributed by atoms with Gasteiger partial charge < -0.3 is 24.4 Å². The number of benzene rings is 1. The summed E-state index contributed by atoms with van der Waals surface area (Å²) in [5.74, 6) is -0.603. The zero-order valence-electron chi connectivity index (χ0n) is 14.8. The second-order valence-corrected chi connectivity index (χ2v) is 6.86. The van der Waals surface area contributed by atoms with Gasteiger partial charge in [-0.05, 0) is 19.1 Å². The largest absolute Gasteiger partial charge is 0.461 e. The maximum absolute atomic E-state index is 12.6. The van der Waals surface area contributed by atoms with Gasteiger partial charge in [0, 0.05) is 36.3 Å². The Morgan fingerprint density at radius 3 is 3.00 bits per heavy atom. The molecule has 0 saturated carbocycles. The van der Waals surface area contributed by atoms with E-state index in [4.69, 9.17) is 14.2 Å². The lowest BCUT2D eigenvalue weighted by Crippen LogP contribution is -2.28. The third-order valence-electron chi connectivity index (χ3n) is 4.36. The van der Waals surface area contributed by atoms with Gasteiger partial charge in [0.25, 0.3) is 0 Å². The van der Waals surface area contributed by atoms with Gasteiger partial charge in [-0.1, -0.05) is 4.49 Å². The Labute approximate surface area is 163 Å². The standard InChI is InChI=1S/C17H16N4O6S/c1-2-25-17(24)14-16(28-20-19-14)18-15(23)9-5-13(22)21(7-9)10-3-4-11-12(6-10)27-8-26-11/h3-4,6,9H,2,5,7-8H2,1H3,(H,18,23). The topological polar surface area (TPSA) is 120 Å². The molecule has 0 spiro atoms. The molecule has 1 fully saturated rings. The Morgan fingerprint density at radius 2 is 2.18 bits per heavy atom. The summed E-state index contributed by atoms with van der Waals surface area (Å²) in [4.78, 5) is 38.4. The number of fused-ring (bicyclic) bond motifs is 1. The molecule has 0 aliphatic carbocycles. The molecule has 11 heteroatoms. The Hall–Kier alpha value is -3.21. The summed E-state index contributed by atoms with van der Waals surface area (Å²) >= 11 is 0.879. The summed E-state index contributed by atoms with van der Waals surface area (Å²) in [5.41, 5.74) is 0.591. The van der Waals surface area contributed by atoms with Crippen molar-refractivity contribution in [3.05, 3.63) is 23.9 Å². The number of carbonyl (C=O) groups is 3. The first-order valence-corrected chi connectivity index (χ1v) is 9.34. The van der Waals surface area contributed by atoms with E-state index in [1.165, 1.54) is 4.90 Å². The number of amides is 2. The highest BCUT2D eigenvalue weighted by molar-refractivity contribution is 7.10. The molecular formula is C17H16N4O6S. The van der Waals surface area contributed by atoms with Gasteiger partial charge in [0.2, 0.25) is 24.3 Å². The number of carbonyl (C=O) groups excluding carboxylic acids is 3. The molecular weight excluding hydrogens is 388 g/mol. The zero-order valence-corrected chi connectivity index (χ0v) is 15.7. The summed E-state index contributed by atoms with van der Waals surface area (Å²) in [6.07, 6.45) is 0.0568. The van der Waals surface area contributed by atoms with Crippen molar-refractivity contribution in [3.63, 3.8) is 0 Å². The third-order valence-corrected chi connectivity index (χ3v) is 5.00. The highest BCUT2D eigenvalue weighted by Gasteiger charge is 2.36. The second-order valence-electron chi connectivity index (χ2n) is 6.10. The van der Waals surface area contributed by atoms with Gasteiger partial charge in [0.05, 0.1) is 12.5 Å². The number of rotatable bonds is 5. The Kier molecular flexibility index (Phi) is 4.82. The Balaban J connectivity index is 1.45. The van der Waals surface area contributed by atoms with Crippen LogP contribution in [0.1, 0.15) is 23.8 Å². The third kappa shape index (κ3) is 3.36. The lowest BCUT2D eigenvalue weighted by molar-refractivity contribution is -0.122. The van der Waals surface area contributed by atoms with E-state index < -0.39 is 11.9 Å². The molecule has 2 aliphatic heterocycles. The molecule has 0 bridgehead atoms. The van der Waals surface area contributed by atoms with Crippen molar-refractivity contribution in [2.45, 2.75) is 13.3 Å². The SMILES string of the molecule is CCOC(=O)c1nnsc1NC(=O)C1CC(=O)N(c2ccc3c(c2)OCO3)C1. The monoisotopic (exact) mass is 404 g/mol. The predicted molar refractivity (Wildman–Crippen MR) is 97.5 cm³/mol. The van der Waals surface area contributed by atoms with E-state index in [0.29, 0.717) is 17.2 Å². The van der Waals surface area contributed by atoms with Gasteiger partial charge in [-0.3, -0.25) is 9.59 Å². The van der Waals surface area contributed by atoms with Crippen molar-refractivity contribution >= 4 is 40.0 Å². The summed E-state index contributed by atoms with van der Waals surface area (Å²) in [5, 5.41) is 6.54. The van der Waals surface area contributed by atoms with E-state index in [9.17, 15) is 14.4 Å². The van der Waals surface area contributed by atoms with Crippen molar-refractivity contribution in [2.24, 2.45) is 5.92 Å². The number of anilines is 2. The number of hydrogen-bond acceptors (Lipinski definition) is 9. The average Bonchev–Trinajstić information content (AvgIpc) is 3.40. The van der Waals surface area contributed by atoms with Gasteiger partial charge in [-0.25, -0.2) is 4.79 Å². The highest BCUT2D eigenvalue weighted by atomic mass is 32.1. The summed E-state index contributed by atoms with van der Waals surface area (Å²) < 4.78 is 19.2. The number of esters is 1. The number of ether oxygens (including phenoxy) is 3. The second kappa shape index (κ2) is 7.43. The van der Waals surface area contributed by atoms with Crippen LogP contribution in [0.15, 0.2) is 18.2 Å². The van der Waals surface area contributed by atoms with Gasteiger partial charge in [-0.15, -0.1) is 5.10 Å². The molecule has 4 rings (SSSR count). The van der Waals surface area contributed by atoms with Crippen molar-refractivity contribution in [1.82, 2.24) is 9.59 Å². The maximum atomic E-state index is 12.6. The van der Waals surface area contributed by atoms with Crippen LogP contribution in [0.4, 0.5) is 10.7 Å². The summed E-state index contributed by atoms with van der Waals surface area (Å²) in [7, 11) is 0. The number of aromatic nitrogens is 2. The molecule has 1 aromatic heterocycles. The van der Waals surface area contributed by atoms with Crippen LogP contribution in [-0.4, -0.2) is 47.3 Å². The molecule has 1 saturated heterocycles. The smallest absolute Gasteiger partial charge is 0.362 e. The molecule has 28 heavy (non-hydrogen) atoms. The van der Waals surface area contributed by atoms with E-state index in [2.05, 4.69) is 14.9 Å². The van der Waals surface area contributed by atoms with Crippen molar-refractivity contribution < 1.29 is 28.6 Å². The normalized spacial score (nSPS) is 17.7. The fourth-order valence-corrected chi connectivity index (χ4v) is 3.57. The zero-order chi connectivity index (χ0) is 19.7. The van der Waals surface area contributed by atoms with E-state index in [1.54, 1.807) is 25.1 Å². The fraction of sp³-hybridized carbons (Fsp3) is 0.353. The summed E-state index contributed by atoms with van der Waals surface area (Å²) in [6.45, 7) is 2.21. The summed E-state index contributed by atoms with van der Waals surface area (Å²) in [6, 6.07) is 5.19. The van der Waals surface area contributed by atoms with Gasteiger partial charge in [0.1, 0.15) is 0 Å². The molecule has 1 aromatic carbocycles. The van der Waals surface area contributed by atoms with Crippen LogP contribution in [0.3, 0.4) is 0 Å². The van der Waals surface area contributed by atoms with Crippen LogP contribution in [0.25, 0.3) is 0 Å². The number of nitrogens with one attached hydrogen (secondary N) is 1. The molecule has 1 atom stereocenters. The van der Waals surface area contributed by atoms with Crippen LogP contribution in [0.2, 0.25) is 0 Å². The van der Waals surface area contributed by atoms with Crippen LogP contribution >= 0.6 is 11.5 Å². The molecule has 3 heterocycles. The molecule has 146 valence electrons. The predicted octanol–water partition coefficient (Wildman–Crippen LogP) is 1.44. The van der Waals surface area contributed by atoms with Gasteiger partial charge in [0.15, 0.2) is 16.5 Å². The molecule has 0 radical (unpaired) electrons.